The highest BCUT2D eigenvalue weighted by atomic mass is 19.4. The number of ether oxygens (including phenoxy) is 1. The fourth-order valence-corrected chi connectivity index (χ4v) is 3.08. The Morgan fingerprint density at radius 2 is 1.79 bits per heavy atom. The maximum Gasteiger partial charge on any atom is 0.416 e. The van der Waals surface area contributed by atoms with Gasteiger partial charge < -0.3 is 15.0 Å². The lowest BCUT2D eigenvalue weighted by Crippen LogP contribution is -2.43. The first kappa shape index (κ1) is 22.2. The molecule has 1 N–H and O–H groups in total. The molecule has 8 heteroatoms. The first-order valence-corrected chi connectivity index (χ1v) is 9.54. The van der Waals surface area contributed by atoms with Crippen LogP contribution in [-0.4, -0.2) is 49.1 Å². The number of carbonyl (C=O) groups is 2. The number of piperidine rings is 1. The van der Waals surface area contributed by atoms with Crippen LogP contribution in [0.2, 0.25) is 0 Å². The van der Waals surface area contributed by atoms with Gasteiger partial charge in [0.1, 0.15) is 0 Å². The molecule has 1 aromatic carbocycles. The van der Waals surface area contributed by atoms with Crippen LogP contribution in [0.4, 0.5) is 13.2 Å². The van der Waals surface area contributed by atoms with Crippen LogP contribution in [0.5, 0.6) is 0 Å². The summed E-state index contributed by atoms with van der Waals surface area (Å²) in [5.41, 5.74) is -0.556. The molecule has 0 radical (unpaired) electrons. The zero-order valence-electron chi connectivity index (χ0n) is 16.2. The summed E-state index contributed by atoms with van der Waals surface area (Å²) in [5, 5.41) is 2.89. The highest BCUT2D eigenvalue weighted by molar-refractivity contribution is 5.94. The predicted octanol–water partition coefficient (Wildman–Crippen LogP) is 3.49. The Labute approximate surface area is 163 Å². The van der Waals surface area contributed by atoms with Crippen molar-refractivity contribution >= 4 is 11.8 Å². The molecule has 1 heterocycles. The number of hydrogen-bond donors (Lipinski definition) is 1. The van der Waals surface area contributed by atoms with E-state index in [0.29, 0.717) is 39.1 Å². The molecule has 1 fully saturated rings. The number of carbonyl (C=O) groups excluding carboxylic acids is 2. The maximum atomic E-state index is 12.6. The van der Waals surface area contributed by atoms with Gasteiger partial charge in [-0.15, -0.1) is 0 Å². The van der Waals surface area contributed by atoms with Crippen molar-refractivity contribution in [2.24, 2.45) is 5.92 Å². The minimum atomic E-state index is -4.42. The predicted molar refractivity (Wildman–Crippen MR) is 98.8 cm³/mol. The topological polar surface area (TPSA) is 58.6 Å². The number of nitrogens with zero attached hydrogens (tertiary/aromatic N) is 1. The second kappa shape index (κ2) is 9.91. The number of likely N-dealkylation sites (tertiary alicyclic amines) is 1. The van der Waals surface area contributed by atoms with Gasteiger partial charge in [-0.2, -0.15) is 13.2 Å². The van der Waals surface area contributed by atoms with Crippen LogP contribution < -0.4 is 5.32 Å². The largest absolute Gasteiger partial charge is 0.416 e. The maximum absolute atomic E-state index is 12.6. The van der Waals surface area contributed by atoms with Crippen molar-refractivity contribution in [3.63, 3.8) is 0 Å². The minimum absolute atomic E-state index is 0.0221. The lowest BCUT2D eigenvalue weighted by molar-refractivity contribution is -0.137. The summed E-state index contributed by atoms with van der Waals surface area (Å²) in [6, 6.07) is 4.22. The van der Waals surface area contributed by atoms with Crippen LogP contribution in [0, 0.1) is 5.92 Å². The van der Waals surface area contributed by atoms with Gasteiger partial charge in [0, 0.05) is 37.7 Å². The molecular formula is C20H27F3N2O3. The first-order chi connectivity index (χ1) is 13.2. The molecule has 1 aromatic rings. The van der Waals surface area contributed by atoms with Gasteiger partial charge in [0.05, 0.1) is 11.7 Å². The Bertz CT molecular complexity index is 652. The normalized spacial score (nSPS) is 15.7. The molecule has 2 amide bonds. The quantitative estimate of drug-likeness (QED) is 0.713. The van der Waals surface area contributed by atoms with E-state index in [-0.39, 0.29) is 29.4 Å². The molecule has 0 atom stereocenters. The van der Waals surface area contributed by atoms with Gasteiger partial charge in [0.2, 0.25) is 5.91 Å². The van der Waals surface area contributed by atoms with E-state index in [1.165, 1.54) is 12.1 Å². The van der Waals surface area contributed by atoms with Gasteiger partial charge in [0.15, 0.2) is 0 Å². The van der Waals surface area contributed by atoms with Crippen molar-refractivity contribution in [3.05, 3.63) is 35.4 Å². The SMILES string of the molecule is CC(C)OCCCNC(=O)C1CCN(C(=O)c2ccc(C(F)(F)F)cc2)CC1. The third-order valence-corrected chi connectivity index (χ3v) is 4.68. The third-order valence-electron chi connectivity index (χ3n) is 4.68. The van der Waals surface area contributed by atoms with Gasteiger partial charge in [0.25, 0.3) is 5.91 Å². The summed E-state index contributed by atoms with van der Waals surface area (Å²) in [7, 11) is 0. The molecule has 1 aliphatic rings. The Kier molecular flexibility index (Phi) is 7.86. The molecule has 1 aliphatic heterocycles. The Morgan fingerprint density at radius 1 is 1.18 bits per heavy atom. The average molecular weight is 400 g/mol. The van der Waals surface area contributed by atoms with Crippen molar-refractivity contribution in [1.29, 1.82) is 0 Å². The van der Waals surface area contributed by atoms with E-state index < -0.39 is 11.7 Å². The molecule has 0 unspecified atom stereocenters. The van der Waals surface area contributed by atoms with Crippen LogP contribution in [0.25, 0.3) is 0 Å². The summed E-state index contributed by atoms with van der Waals surface area (Å²) in [4.78, 5) is 26.3. The van der Waals surface area contributed by atoms with Gasteiger partial charge >= 0.3 is 6.18 Å². The standard InChI is InChI=1S/C20H27F3N2O3/c1-14(2)28-13-3-10-24-18(26)15-8-11-25(12-9-15)19(27)16-4-6-17(7-5-16)20(21,22)23/h4-7,14-15H,3,8-13H2,1-2H3,(H,24,26). The molecule has 0 aromatic heterocycles. The zero-order valence-corrected chi connectivity index (χ0v) is 16.2. The van der Waals surface area contributed by atoms with E-state index in [4.69, 9.17) is 4.74 Å². The van der Waals surface area contributed by atoms with E-state index in [1.54, 1.807) is 4.90 Å². The average Bonchev–Trinajstić information content (AvgIpc) is 2.66. The second-order valence-electron chi connectivity index (χ2n) is 7.21. The van der Waals surface area contributed by atoms with E-state index in [2.05, 4.69) is 5.32 Å². The molecule has 2 rings (SSSR count). The first-order valence-electron chi connectivity index (χ1n) is 9.54. The van der Waals surface area contributed by atoms with Gasteiger partial charge in [-0.25, -0.2) is 0 Å². The van der Waals surface area contributed by atoms with Crippen LogP contribution in [0.1, 0.15) is 49.0 Å². The molecule has 0 bridgehead atoms. The molecular weight excluding hydrogens is 373 g/mol. The van der Waals surface area contributed by atoms with Crippen LogP contribution in [0.3, 0.4) is 0 Å². The highest BCUT2D eigenvalue weighted by Gasteiger charge is 2.31. The number of nitrogens with one attached hydrogen (secondary N) is 1. The Balaban J connectivity index is 1.76. The number of halogens is 3. The lowest BCUT2D eigenvalue weighted by atomic mass is 9.95. The molecule has 1 saturated heterocycles. The Hall–Kier alpha value is -2.09. The summed E-state index contributed by atoms with van der Waals surface area (Å²) in [5.74, 6) is -0.479. The van der Waals surface area contributed by atoms with E-state index >= 15 is 0 Å². The molecule has 0 spiro atoms. The zero-order chi connectivity index (χ0) is 20.7. The van der Waals surface area contributed by atoms with Crippen LogP contribution in [-0.2, 0) is 15.7 Å². The van der Waals surface area contributed by atoms with Crippen molar-refractivity contribution in [1.82, 2.24) is 10.2 Å². The number of hydrogen-bond acceptors (Lipinski definition) is 3. The van der Waals surface area contributed by atoms with Crippen molar-refractivity contribution in [2.45, 2.75) is 45.4 Å². The minimum Gasteiger partial charge on any atom is -0.379 e. The summed E-state index contributed by atoms with van der Waals surface area (Å²) in [6.07, 6.45) is -2.42. The summed E-state index contributed by atoms with van der Waals surface area (Å²) >= 11 is 0. The number of benzene rings is 1. The van der Waals surface area contributed by atoms with Crippen LogP contribution in [0.15, 0.2) is 24.3 Å². The van der Waals surface area contributed by atoms with Gasteiger partial charge in [-0.3, -0.25) is 9.59 Å². The molecule has 0 saturated carbocycles. The number of alkyl halides is 3. The van der Waals surface area contributed by atoms with E-state index in [1.807, 2.05) is 13.8 Å². The van der Waals surface area contributed by atoms with Crippen molar-refractivity contribution in [3.8, 4) is 0 Å². The number of rotatable bonds is 7. The highest BCUT2D eigenvalue weighted by Crippen LogP contribution is 2.29. The molecule has 28 heavy (non-hydrogen) atoms. The van der Waals surface area contributed by atoms with Crippen molar-refractivity contribution < 1.29 is 27.5 Å². The molecule has 0 aliphatic carbocycles. The molecule has 156 valence electrons. The van der Waals surface area contributed by atoms with E-state index in [0.717, 1.165) is 18.6 Å². The van der Waals surface area contributed by atoms with Crippen molar-refractivity contribution in [2.75, 3.05) is 26.2 Å². The lowest BCUT2D eigenvalue weighted by Gasteiger charge is -2.31. The molecule has 5 nitrogen and oxygen atoms in total. The summed E-state index contributed by atoms with van der Waals surface area (Å²) < 4.78 is 43.3. The Morgan fingerprint density at radius 3 is 2.32 bits per heavy atom. The van der Waals surface area contributed by atoms with Crippen LogP contribution >= 0.6 is 0 Å². The monoisotopic (exact) mass is 400 g/mol. The fourth-order valence-electron chi connectivity index (χ4n) is 3.08. The third kappa shape index (κ3) is 6.51. The van der Waals surface area contributed by atoms with Gasteiger partial charge in [-0.05, 0) is 57.4 Å². The summed E-state index contributed by atoms with van der Waals surface area (Å²) in [6.45, 7) is 5.88. The van der Waals surface area contributed by atoms with E-state index in [9.17, 15) is 22.8 Å². The smallest absolute Gasteiger partial charge is 0.379 e. The fraction of sp³-hybridized carbons (Fsp3) is 0.600. The number of amides is 2. The van der Waals surface area contributed by atoms with Gasteiger partial charge in [-0.1, -0.05) is 0 Å². The second-order valence-corrected chi connectivity index (χ2v) is 7.21.